The van der Waals surface area contributed by atoms with Gasteiger partial charge in [0.2, 0.25) is 0 Å². The number of aromatic amines is 1. The first kappa shape index (κ1) is 18.4. The molecule has 0 spiro atoms. The second-order valence-electron chi connectivity index (χ2n) is 6.93. The molecule has 2 aromatic rings. The van der Waals surface area contributed by atoms with Gasteiger partial charge in [0.25, 0.3) is 0 Å². The summed E-state index contributed by atoms with van der Waals surface area (Å²) in [5, 5.41) is 12.4. The van der Waals surface area contributed by atoms with Gasteiger partial charge < -0.3 is 10.6 Å². The second-order valence-corrected chi connectivity index (χ2v) is 6.93. The molecule has 1 aliphatic carbocycles. The molecule has 0 unspecified atom stereocenters. The largest absolute Gasteiger partial charge is 0.337 e. The predicted octanol–water partition coefficient (Wildman–Crippen LogP) is 2.93. The van der Waals surface area contributed by atoms with E-state index in [4.69, 9.17) is 0 Å². The van der Waals surface area contributed by atoms with E-state index in [2.05, 4.69) is 43.8 Å². The molecule has 0 radical (unpaired) electrons. The number of nitrogens with zero attached hydrogens (tertiary/aromatic N) is 3. The topological polar surface area (TPSA) is 85.9 Å². The van der Waals surface area contributed by atoms with Gasteiger partial charge in [0.05, 0.1) is 0 Å². The number of benzene rings is 1. The Kier molecular flexibility index (Phi) is 6.60. The third-order valence-corrected chi connectivity index (χ3v) is 5.00. The minimum absolute atomic E-state index is 0.197. The molecular formula is C19H28N6O. The highest BCUT2D eigenvalue weighted by Gasteiger charge is 2.19. The van der Waals surface area contributed by atoms with Crippen LogP contribution in [-0.2, 0) is 13.0 Å². The molecule has 1 aromatic carbocycles. The van der Waals surface area contributed by atoms with Crippen LogP contribution in [0.4, 0.5) is 10.5 Å². The first-order chi connectivity index (χ1) is 12.7. The van der Waals surface area contributed by atoms with Crippen LogP contribution in [0.1, 0.15) is 43.5 Å². The molecule has 1 fully saturated rings. The van der Waals surface area contributed by atoms with E-state index < -0.39 is 0 Å². The van der Waals surface area contributed by atoms with E-state index in [1.807, 2.05) is 18.2 Å². The number of para-hydroxylation sites is 1. The molecule has 0 saturated heterocycles. The maximum atomic E-state index is 12.2. The summed E-state index contributed by atoms with van der Waals surface area (Å²) in [5.74, 6) is 0.764. The maximum Gasteiger partial charge on any atom is 0.319 e. The minimum atomic E-state index is -0.197. The van der Waals surface area contributed by atoms with Crippen LogP contribution in [0.2, 0.25) is 0 Å². The highest BCUT2D eigenvalue weighted by molar-refractivity contribution is 5.90. The molecule has 1 saturated carbocycles. The molecule has 7 nitrogen and oxygen atoms in total. The Morgan fingerprint density at radius 1 is 1.27 bits per heavy atom. The van der Waals surface area contributed by atoms with Gasteiger partial charge in [-0.2, -0.15) is 5.10 Å². The van der Waals surface area contributed by atoms with E-state index in [0.717, 1.165) is 23.6 Å². The van der Waals surface area contributed by atoms with Crippen molar-refractivity contribution in [3.63, 3.8) is 0 Å². The number of hydrogen-bond donors (Lipinski definition) is 3. The molecule has 3 rings (SSSR count). The third kappa shape index (κ3) is 5.29. The molecule has 1 heterocycles. The third-order valence-electron chi connectivity index (χ3n) is 5.00. The van der Waals surface area contributed by atoms with Crippen LogP contribution in [0.15, 0.2) is 30.6 Å². The van der Waals surface area contributed by atoms with E-state index in [9.17, 15) is 4.79 Å². The highest BCUT2D eigenvalue weighted by atomic mass is 16.2. The molecule has 140 valence electrons. The number of hydrogen-bond acceptors (Lipinski definition) is 4. The van der Waals surface area contributed by atoms with Gasteiger partial charge in [-0.05, 0) is 31.5 Å². The SMILES string of the molecule is CN(Cc1ccccc1NC(=O)NCCc1ncn[nH]1)C1CCCCC1. The van der Waals surface area contributed by atoms with E-state index in [-0.39, 0.29) is 6.03 Å². The molecule has 7 heteroatoms. The molecule has 1 aliphatic rings. The zero-order valence-corrected chi connectivity index (χ0v) is 15.4. The molecule has 0 atom stereocenters. The van der Waals surface area contributed by atoms with E-state index >= 15 is 0 Å². The van der Waals surface area contributed by atoms with Crippen molar-refractivity contribution in [3.05, 3.63) is 42.0 Å². The van der Waals surface area contributed by atoms with Crippen molar-refractivity contribution in [2.45, 2.75) is 51.1 Å². The lowest BCUT2D eigenvalue weighted by molar-refractivity contribution is 0.185. The minimum Gasteiger partial charge on any atom is -0.337 e. The normalized spacial score (nSPS) is 15.2. The Morgan fingerprint density at radius 3 is 2.85 bits per heavy atom. The summed E-state index contributed by atoms with van der Waals surface area (Å²) in [4.78, 5) is 18.7. The first-order valence-electron chi connectivity index (χ1n) is 9.39. The van der Waals surface area contributed by atoms with Crippen molar-refractivity contribution in [1.82, 2.24) is 25.4 Å². The van der Waals surface area contributed by atoms with Crippen molar-refractivity contribution in [2.75, 3.05) is 18.9 Å². The second kappa shape index (κ2) is 9.33. The van der Waals surface area contributed by atoms with Crippen LogP contribution in [0.25, 0.3) is 0 Å². The van der Waals surface area contributed by atoms with E-state index in [1.54, 1.807) is 0 Å². The van der Waals surface area contributed by atoms with E-state index in [1.165, 1.54) is 38.4 Å². The molecule has 26 heavy (non-hydrogen) atoms. The fourth-order valence-electron chi connectivity index (χ4n) is 3.51. The van der Waals surface area contributed by atoms with Gasteiger partial charge in [-0.25, -0.2) is 9.78 Å². The average Bonchev–Trinajstić information content (AvgIpc) is 3.17. The average molecular weight is 356 g/mol. The summed E-state index contributed by atoms with van der Waals surface area (Å²) < 4.78 is 0. The predicted molar refractivity (Wildman–Crippen MR) is 102 cm³/mol. The smallest absolute Gasteiger partial charge is 0.319 e. The lowest BCUT2D eigenvalue weighted by atomic mass is 9.94. The Morgan fingerprint density at radius 2 is 2.08 bits per heavy atom. The van der Waals surface area contributed by atoms with E-state index in [0.29, 0.717) is 19.0 Å². The van der Waals surface area contributed by atoms with Crippen molar-refractivity contribution in [2.24, 2.45) is 0 Å². The molecule has 0 aliphatic heterocycles. The number of carbonyl (C=O) groups is 1. The summed E-state index contributed by atoms with van der Waals surface area (Å²) in [7, 11) is 2.18. The lowest BCUT2D eigenvalue weighted by Gasteiger charge is -2.31. The summed E-state index contributed by atoms with van der Waals surface area (Å²) in [6.45, 7) is 1.35. The number of anilines is 1. The molecule has 0 bridgehead atoms. The number of H-pyrrole nitrogens is 1. The zero-order chi connectivity index (χ0) is 18.2. The Bertz CT molecular complexity index is 681. The fourth-order valence-corrected chi connectivity index (χ4v) is 3.51. The van der Waals surface area contributed by atoms with Crippen LogP contribution in [-0.4, -0.2) is 45.7 Å². The van der Waals surface area contributed by atoms with Gasteiger partial charge in [0.15, 0.2) is 0 Å². The number of amides is 2. The quantitative estimate of drug-likeness (QED) is 0.712. The maximum absolute atomic E-state index is 12.2. The van der Waals surface area contributed by atoms with Crippen LogP contribution < -0.4 is 10.6 Å². The fraction of sp³-hybridized carbons (Fsp3) is 0.526. The highest BCUT2D eigenvalue weighted by Crippen LogP contribution is 2.24. The summed E-state index contributed by atoms with van der Waals surface area (Å²) in [6, 6.07) is 8.47. The molecule has 2 amide bonds. The van der Waals surface area contributed by atoms with Crippen molar-refractivity contribution < 1.29 is 4.79 Å². The van der Waals surface area contributed by atoms with Gasteiger partial charge in [0.1, 0.15) is 12.2 Å². The first-order valence-corrected chi connectivity index (χ1v) is 9.39. The molecule has 1 aromatic heterocycles. The van der Waals surface area contributed by atoms with Crippen molar-refractivity contribution in [3.8, 4) is 0 Å². The van der Waals surface area contributed by atoms with Crippen molar-refractivity contribution in [1.29, 1.82) is 0 Å². The lowest BCUT2D eigenvalue weighted by Crippen LogP contribution is -2.34. The Hall–Kier alpha value is -2.41. The van der Waals surface area contributed by atoms with Gasteiger partial charge in [-0.1, -0.05) is 37.5 Å². The summed E-state index contributed by atoms with van der Waals surface area (Å²) >= 11 is 0. The number of aromatic nitrogens is 3. The standard InChI is InChI=1S/C19H28N6O/c1-25(16-8-3-2-4-9-16)13-15-7-5-6-10-17(15)23-19(26)20-12-11-18-21-14-22-24-18/h5-7,10,14,16H,2-4,8-9,11-13H2,1H3,(H2,20,23,26)(H,21,22,24). The number of nitrogens with one attached hydrogen (secondary N) is 3. The van der Waals surface area contributed by atoms with Gasteiger partial charge in [-0.3, -0.25) is 10.00 Å². The van der Waals surface area contributed by atoms with Gasteiger partial charge in [0, 0.05) is 31.2 Å². The van der Waals surface area contributed by atoms with Gasteiger partial charge >= 0.3 is 6.03 Å². The summed E-state index contributed by atoms with van der Waals surface area (Å²) in [6.07, 6.45) is 8.64. The van der Waals surface area contributed by atoms with Crippen LogP contribution in [0.5, 0.6) is 0 Å². The van der Waals surface area contributed by atoms with Crippen LogP contribution >= 0.6 is 0 Å². The Balaban J connectivity index is 1.51. The Labute approximate surface area is 154 Å². The van der Waals surface area contributed by atoms with Gasteiger partial charge in [-0.15, -0.1) is 0 Å². The van der Waals surface area contributed by atoms with Crippen molar-refractivity contribution >= 4 is 11.7 Å². The zero-order valence-electron chi connectivity index (χ0n) is 15.4. The number of carbonyl (C=O) groups excluding carboxylic acids is 1. The van der Waals surface area contributed by atoms with Crippen LogP contribution in [0.3, 0.4) is 0 Å². The molecular weight excluding hydrogens is 328 g/mol. The summed E-state index contributed by atoms with van der Waals surface area (Å²) in [5.41, 5.74) is 2.01. The monoisotopic (exact) mass is 356 g/mol. The molecule has 3 N–H and O–H groups in total. The number of rotatable bonds is 7. The number of urea groups is 1. The van der Waals surface area contributed by atoms with Crippen LogP contribution in [0, 0.1) is 0 Å².